The Labute approximate surface area is 144 Å². The number of hydrogen-bond donors (Lipinski definition) is 4. The molecule has 0 fully saturated rings. The summed E-state index contributed by atoms with van der Waals surface area (Å²) in [5.41, 5.74) is 0.855. The van der Waals surface area contributed by atoms with Gasteiger partial charge in [-0.15, -0.1) is 11.3 Å². The highest BCUT2D eigenvalue weighted by Crippen LogP contribution is 2.08. The molecular formula is C17H20N2O4S. The minimum atomic E-state index is -1.81. The summed E-state index contributed by atoms with van der Waals surface area (Å²) in [6.45, 7) is 0.540. The van der Waals surface area contributed by atoms with Gasteiger partial charge in [-0.1, -0.05) is 36.4 Å². The van der Waals surface area contributed by atoms with Gasteiger partial charge in [-0.2, -0.15) is 0 Å². The highest BCUT2D eigenvalue weighted by Gasteiger charge is 2.29. The fraction of sp³-hybridized carbons (Fsp3) is 0.294. The summed E-state index contributed by atoms with van der Waals surface area (Å²) in [7, 11) is 0. The summed E-state index contributed by atoms with van der Waals surface area (Å²) in [4.78, 5) is 24.7. The molecule has 0 aliphatic heterocycles. The van der Waals surface area contributed by atoms with E-state index < -0.39 is 24.0 Å². The molecule has 0 unspecified atom stereocenters. The predicted octanol–water partition coefficient (Wildman–Crippen LogP) is 0.445. The second-order valence-electron chi connectivity index (χ2n) is 5.21. The summed E-state index contributed by atoms with van der Waals surface area (Å²) in [6.07, 6.45) is -2.98. The van der Waals surface area contributed by atoms with Crippen LogP contribution in [0.5, 0.6) is 0 Å². The molecule has 0 spiro atoms. The second kappa shape index (κ2) is 9.17. The van der Waals surface area contributed by atoms with E-state index in [0.717, 1.165) is 10.4 Å². The maximum atomic E-state index is 11.8. The van der Waals surface area contributed by atoms with E-state index in [1.807, 2.05) is 47.8 Å². The zero-order valence-corrected chi connectivity index (χ0v) is 13.8. The SMILES string of the molecule is O=C(NCCc1cccs1)[C@H](O)[C@@H](O)C(=O)NCc1ccccc1. The van der Waals surface area contributed by atoms with E-state index in [0.29, 0.717) is 13.0 Å². The minimum absolute atomic E-state index is 0.212. The van der Waals surface area contributed by atoms with Gasteiger partial charge < -0.3 is 20.8 Å². The predicted molar refractivity (Wildman–Crippen MR) is 91.3 cm³/mol. The molecule has 2 rings (SSSR count). The van der Waals surface area contributed by atoms with Gasteiger partial charge in [0.25, 0.3) is 11.8 Å². The largest absolute Gasteiger partial charge is 0.380 e. The van der Waals surface area contributed by atoms with E-state index in [4.69, 9.17) is 0 Å². The molecule has 2 amide bonds. The summed E-state index contributed by atoms with van der Waals surface area (Å²) >= 11 is 1.57. The molecular weight excluding hydrogens is 328 g/mol. The van der Waals surface area contributed by atoms with Crippen molar-refractivity contribution in [3.05, 3.63) is 58.3 Å². The first-order chi connectivity index (χ1) is 11.6. The number of aliphatic hydroxyl groups excluding tert-OH is 2. The monoisotopic (exact) mass is 348 g/mol. The van der Waals surface area contributed by atoms with Crippen molar-refractivity contribution >= 4 is 23.2 Å². The fourth-order valence-corrected chi connectivity index (χ4v) is 2.75. The molecule has 0 bridgehead atoms. The smallest absolute Gasteiger partial charge is 0.252 e. The molecule has 128 valence electrons. The number of carbonyl (C=O) groups is 2. The molecule has 24 heavy (non-hydrogen) atoms. The first-order valence-electron chi connectivity index (χ1n) is 7.56. The lowest BCUT2D eigenvalue weighted by Crippen LogP contribution is -2.49. The van der Waals surface area contributed by atoms with Crippen molar-refractivity contribution in [2.45, 2.75) is 25.2 Å². The van der Waals surface area contributed by atoms with Gasteiger partial charge in [-0.3, -0.25) is 9.59 Å². The third kappa shape index (κ3) is 5.45. The van der Waals surface area contributed by atoms with Gasteiger partial charge in [0.05, 0.1) is 0 Å². The van der Waals surface area contributed by atoms with Gasteiger partial charge in [0.1, 0.15) is 0 Å². The van der Waals surface area contributed by atoms with Crippen LogP contribution in [0.4, 0.5) is 0 Å². The number of amides is 2. The zero-order chi connectivity index (χ0) is 17.4. The van der Waals surface area contributed by atoms with Crippen LogP contribution < -0.4 is 10.6 Å². The molecule has 0 aliphatic carbocycles. The first kappa shape index (κ1) is 18.1. The normalized spacial score (nSPS) is 13.1. The van der Waals surface area contributed by atoms with Crippen LogP contribution in [0.15, 0.2) is 47.8 Å². The highest BCUT2D eigenvalue weighted by atomic mass is 32.1. The molecule has 0 saturated heterocycles. The maximum Gasteiger partial charge on any atom is 0.252 e. The summed E-state index contributed by atoms with van der Waals surface area (Å²) in [5, 5.41) is 26.5. The van der Waals surface area contributed by atoms with Gasteiger partial charge in [-0.05, 0) is 23.4 Å². The van der Waals surface area contributed by atoms with Crippen LogP contribution in [0.25, 0.3) is 0 Å². The summed E-state index contributed by atoms with van der Waals surface area (Å²) in [6, 6.07) is 13.0. The lowest BCUT2D eigenvalue weighted by molar-refractivity contribution is -0.146. The number of thiophene rings is 1. The Morgan fingerprint density at radius 3 is 2.25 bits per heavy atom. The van der Waals surface area contributed by atoms with Crippen LogP contribution in [0.2, 0.25) is 0 Å². The van der Waals surface area contributed by atoms with Crippen molar-refractivity contribution < 1.29 is 19.8 Å². The van der Waals surface area contributed by atoms with E-state index >= 15 is 0 Å². The number of aliphatic hydroxyl groups is 2. The summed E-state index contributed by atoms with van der Waals surface area (Å²) < 4.78 is 0. The third-order valence-corrected chi connectivity index (χ3v) is 4.33. The Morgan fingerprint density at radius 1 is 0.958 bits per heavy atom. The standard InChI is InChI=1S/C17H20N2O4S/c20-14(16(22)18-9-8-13-7-4-10-24-13)15(21)17(23)19-11-12-5-2-1-3-6-12/h1-7,10,14-15,20-21H,8-9,11H2,(H,18,22)(H,19,23)/t14-,15-/m1/s1. The molecule has 6 nitrogen and oxygen atoms in total. The van der Waals surface area contributed by atoms with Crippen LogP contribution in [0.3, 0.4) is 0 Å². The lowest BCUT2D eigenvalue weighted by Gasteiger charge is -2.17. The molecule has 2 atom stereocenters. The number of nitrogens with one attached hydrogen (secondary N) is 2. The quantitative estimate of drug-likeness (QED) is 0.556. The molecule has 0 saturated carbocycles. The van der Waals surface area contributed by atoms with Crippen molar-refractivity contribution in [3.63, 3.8) is 0 Å². The fourth-order valence-electron chi connectivity index (χ4n) is 2.04. The average Bonchev–Trinajstić information content (AvgIpc) is 3.12. The second-order valence-corrected chi connectivity index (χ2v) is 6.25. The number of rotatable bonds is 8. The molecule has 0 aliphatic rings. The Bertz CT molecular complexity index is 646. The van der Waals surface area contributed by atoms with Crippen molar-refractivity contribution in [3.8, 4) is 0 Å². The van der Waals surface area contributed by atoms with Crippen molar-refractivity contribution in [1.82, 2.24) is 10.6 Å². The van der Waals surface area contributed by atoms with Crippen LogP contribution in [0, 0.1) is 0 Å². The average molecular weight is 348 g/mol. The topological polar surface area (TPSA) is 98.7 Å². The van der Waals surface area contributed by atoms with Gasteiger partial charge in [0.15, 0.2) is 12.2 Å². The Hall–Kier alpha value is -2.22. The van der Waals surface area contributed by atoms with Crippen molar-refractivity contribution in [2.75, 3.05) is 6.54 Å². The minimum Gasteiger partial charge on any atom is -0.380 e. The first-order valence-corrected chi connectivity index (χ1v) is 8.44. The van der Waals surface area contributed by atoms with E-state index in [2.05, 4.69) is 10.6 Å². The third-order valence-electron chi connectivity index (χ3n) is 3.40. The molecule has 2 aromatic rings. The number of carbonyl (C=O) groups excluding carboxylic acids is 2. The van der Waals surface area contributed by atoms with Crippen molar-refractivity contribution in [2.24, 2.45) is 0 Å². The van der Waals surface area contributed by atoms with Crippen LogP contribution in [-0.2, 0) is 22.6 Å². The zero-order valence-electron chi connectivity index (χ0n) is 13.0. The van der Waals surface area contributed by atoms with Crippen LogP contribution in [-0.4, -0.2) is 40.8 Å². The molecule has 7 heteroatoms. The summed E-state index contributed by atoms with van der Waals surface area (Å²) in [5.74, 6) is -1.56. The Kier molecular flexibility index (Phi) is 6.92. The lowest BCUT2D eigenvalue weighted by atomic mass is 10.1. The molecule has 1 heterocycles. The highest BCUT2D eigenvalue weighted by molar-refractivity contribution is 7.09. The Balaban J connectivity index is 1.74. The number of hydrogen-bond acceptors (Lipinski definition) is 5. The molecule has 1 aromatic heterocycles. The Morgan fingerprint density at radius 2 is 1.62 bits per heavy atom. The van der Waals surface area contributed by atoms with Crippen LogP contribution >= 0.6 is 11.3 Å². The van der Waals surface area contributed by atoms with E-state index in [1.165, 1.54) is 0 Å². The van der Waals surface area contributed by atoms with Gasteiger partial charge in [-0.25, -0.2) is 0 Å². The maximum absolute atomic E-state index is 11.8. The van der Waals surface area contributed by atoms with E-state index in [1.54, 1.807) is 11.3 Å². The van der Waals surface area contributed by atoms with E-state index in [9.17, 15) is 19.8 Å². The van der Waals surface area contributed by atoms with E-state index in [-0.39, 0.29) is 6.54 Å². The van der Waals surface area contributed by atoms with Gasteiger partial charge in [0, 0.05) is 18.0 Å². The van der Waals surface area contributed by atoms with Gasteiger partial charge >= 0.3 is 0 Å². The van der Waals surface area contributed by atoms with Crippen molar-refractivity contribution in [1.29, 1.82) is 0 Å². The van der Waals surface area contributed by atoms with Gasteiger partial charge in [0.2, 0.25) is 0 Å². The number of benzene rings is 1. The molecule has 1 aromatic carbocycles. The van der Waals surface area contributed by atoms with Crippen LogP contribution in [0.1, 0.15) is 10.4 Å². The molecule has 4 N–H and O–H groups in total. The molecule has 0 radical (unpaired) electrons.